The number of hydrogen-bond donors (Lipinski definition) is 3. The van der Waals surface area contributed by atoms with Crippen LogP contribution in [0.1, 0.15) is 0 Å². The molecule has 0 heterocycles. The van der Waals surface area contributed by atoms with Gasteiger partial charge in [-0.1, -0.05) is 6.07 Å². The Bertz CT molecular complexity index is 280. The van der Waals surface area contributed by atoms with Gasteiger partial charge in [0.25, 0.3) is 0 Å². The van der Waals surface area contributed by atoms with E-state index in [1.165, 1.54) is 0 Å². The number of benzene rings is 1. The normalized spacial score (nSPS) is 7.69. The zero-order valence-electron chi connectivity index (χ0n) is 6.69. The van der Waals surface area contributed by atoms with Crippen LogP contribution in [0, 0.1) is 0 Å². The molecule has 0 saturated heterocycles. The van der Waals surface area contributed by atoms with Crippen LogP contribution in [-0.2, 0) is 0 Å². The molecule has 4 nitrogen and oxygen atoms in total. The summed E-state index contributed by atoms with van der Waals surface area (Å²) in [5.41, 5.74) is 11.5. The number of hydrogen-bond acceptors (Lipinski definition) is 2. The average molecular weight is 224 g/mol. The first-order valence-corrected chi connectivity index (χ1v) is 3.10. The van der Waals surface area contributed by atoms with E-state index < -0.39 is 6.03 Å². The number of halogens is 2. The summed E-state index contributed by atoms with van der Waals surface area (Å²) in [6, 6.07) is 6.22. The molecule has 0 spiro atoms. The van der Waals surface area contributed by atoms with Gasteiger partial charge in [-0.25, -0.2) is 4.79 Å². The third kappa shape index (κ3) is 5.16. The lowest BCUT2D eigenvalue weighted by Gasteiger charge is -2.00. The Morgan fingerprint density at radius 2 is 1.92 bits per heavy atom. The molecule has 0 aliphatic carbocycles. The fourth-order valence-corrected chi connectivity index (χ4v) is 0.759. The number of primary amides is 1. The molecular weight excluding hydrogens is 213 g/mol. The third-order valence-electron chi connectivity index (χ3n) is 1.15. The van der Waals surface area contributed by atoms with Gasteiger partial charge in [-0.15, -0.1) is 24.8 Å². The number of anilines is 2. The van der Waals surface area contributed by atoms with Crippen LogP contribution in [0.3, 0.4) is 0 Å². The molecule has 1 aromatic rings. The molecule has 2 amide bonds. The highest BCUT2D eigenvalue weighted by Crippen LogP contribution is 2.10. The lowest BCUT2D eigenvalue weighted by atomic mass is 10.3. The predicted molar refractivity (Wildman–Crippen MR) is 58.6 cm³/mol. The summed E-state index contributed by atoms with van der Waals surface area (Å²) in [7, 11) is 0. The smallest absolute Gasteiger partial charge is 0.316 e. The SMILES string of the molecule is Cl.Cl.NC(=O)Nc1cccc(N)c1. The molecule has 0 aliphatic heterocycles. The van der Waals surface area contributed by atoms with Gasteiger partial charge in [-0.3, -0.25) is 0 Å². The van der Waals surface area contributed by atoms with Crippen LogP contribution in [0.5, 0.6) is 0 Å². The van der Waals surface area contributed by atoms with Gasteiger partial charge in [0.15, 0.2) is 0 Å². The Balaban J connectivity index is 0. The molecule has 0 unspecified atom stereocenters. The second-order valence-corrected chi connectivity index (χ2v) is 2.11. The van der Waals surface area contributed by atoms with E-state index in [1.807, 2.05) is 0 Å². The Labute approximate surface area is 88.5 Å². The molecular formula is C7H11Cl2N3O. The Morgan fingerprint density at radius 3 is 2.38 bits per heavy atom. The fraction of sp³-hybridized carbons (Fsp3) is 0. The molecule has 6 heteroatoms. The highest BCUT2D eigenvalue weighted by Gasteiger charge is 1.94. The molecule has 0 aromatic heterocycles. The van der Waals surface area contributed by atoms with Crippen molar-refractivity contribution in [3.05, 3.63) is 24.3 Å². The van der Waals surface area contributed by atoms with Crippen molar-refractivity contribution >= 4 is 42.2 Å². The standard InChI is InChI=1S/C7H9N3O.2ClH/c8-5-2-1-3-6(4-5)10-7(9)11;;/h1-4H,8H2,(H3,9,10,11);2*1H. The minimum absolute atomic E-state index is 0. The van der Waals surface area contributed by atoms with Gasteiger partial charge in [0, 0.05) is 11.4 Å². The summed E-state index contributed by atoms with van der Waals surface area (Å²) >= 11 is 0. The summed E-state index contributed by atoms with van der Waals surface area (Å²) in [5, 5.41) is 2.40. The van der Waals surface area contributed by atoms with Crippen LogP contribution in [-0.4, -0.2) is 6.03 Å². The molecule has 13 heavy (non-hydrogen) atoms. The highest BCUT2D eigenvalue weighted by atomic mass is 35.5. The van der Waals surface area contributed by atoms with Crippen molar-refractivity contribution in [2.24, 2.45) is 5.73 Å². The average Bonchev–Trinajstić information content (AvgIpc) is 1.85. The molecule has 0 fully saturated rings. The van der Waals surface area contributed by atoms with Gasteiger partial charge in [0.2, 0.25) is 0 Å². The van der Waals surface area contributed by atoms with Crippen molar-refractivity contribution < 1.29 is 4.79 Å². The van der Waals surface area contributed by atoms with Crippen molar-refractivity contribution in [3.8, 4) is 0 Å². The minimum atomic E-state index is -0.587. The van der Waals surface area contributed by atoms with E-state index >= 15 is 0 Å². The maximum Gasteiger partial charge on any atom is 0.316 e. The summed E-state index contributed by atoms with van der Waals surface area (Å²) < 4.78 is 0. The molecule has 1 aromatic carbocycles. The van der Waals surface area contributed by atoms with E-state index in [4.69, 9.17) is 11.5 Å². The maximum atomic E-state index is 10.4. The molecule has 74 valence electrons. The van der Waals surface area contributed by atoms with Gasteiger partial charge in [0.1, 0.15) is 0 Å². The van der Waals surface area contributed by atoms with Gasteiger partial charge in [0.05, 0.1) is 0 Å². The fourth-order valence-electron chi connectivity index (χ4n) is 0.759. The highest BCUT2D eigenvalue weighted by molar-refractivity contribution is 5.88. The molecule has 0 atom stereocenters. The van der Waals surface area contributed by atoms with Crippen molar-refractivity contribution in [2.45, 2.75) is 0 Å². The molecule has 0 radical (unpaired) electrons. The van der Waals surface area contributed by atoms with Crippen molar-refractivity contribution in [1.82, 2.24) is 0 Å². The third-order valence-corrected chi connectivity index (χ3v) is 1.15. The van der Waals surface area contributed by atoms with Crippen LogP contribution in [0.15, 0.2) is 24.3 Å². The Hall–Kier alpha value is -1.13. The van der Waals surface area contributed by atoms with Crippen molar-refractivity contribution in [2.75, 3.05) is 11.1 Å². The van der Waals surface area contributed by atoms with Crippen LogP contribution >= 0.6 is 24.8 Å². The number of urea groups is 1. The molecule has 0 bridgehead atoms. The zero-order chi connectivity index (χ0) is 8.27. The lowest BCUT2D eigenvalue weighted by molar-refractivity contribution is 0.259. The summed E-state index contributed by atoms with van der Waals surface area (Å²) in [6.07, 6.45) is 0. The quantitative estimate of drug-likeness (QED) is 0.633. The zero-order valence-corrected chi connectivity index (χ0v) is 8.32. The number of rotatable bonds is 1. The van der Waals surface area contributed by atoms with Crippen LogP contribution in [0.2, 0.25) is 0 Å². The van der Waals surface area contributed by atoms with E-state index in [0.29, 0.717) is 11.4 Å². The summed E-state index contributed by atoms with van der Waals surface area (Å²) in [6.45, 7) is 0. The molecule has 1 rings (SSSR count). The predicted octanol–water partition coefficient (Wildman–Crippen LogP) is 1.60. The largest absolute Gasteiger partial charge is 0.399 e. The van der Waals surface area contributed by atoms with Crippen molar-refractivity contribution in [1.29, 1.82) is 0 Å². The first-order valence-electron chi connectivity index (χ1n) is 3.10. The van der Waals surface area contributed by atoms with Gasteiger partial charge < -0.3 is 16.8 Å². The number of nitrogens with two attached hydrogens (primary N) is 2. The van der Waals surface area contributed by atoms with Gasteiger partial charge >= 0.3 is 6.03 Å². The minimum Gasteiger partial charge on any atom is -0.399 e. The van der Waals surface area contributed by atoms with E-state index in [2.05, 4.69) is 5.32 Å². The topological polar surface area (TPSA) is 81.1 Å². The van der Waals surface area contributed by atoms with Gasteiger partial charge in [-0.05, 0) is 18.2 Å². The van der Waals surface area contributed by atoms with E-state index in [-0.39, 0.29) is 24.8 Å². The summed E-state index contributed by atoms with van der Waals surface area (Å²) in [5.74, 6) is 0. The monoisotopic (exact) mass is 223 g/mol. The molecule has 0 aliphatic rings. The number of nitrogen functional groups attached to an aromatic ring is 1. The first kappa shape index (κ1) is 14.4. The second-order valence-electron chi connectivity index (χ2n) is 2.11. The number of amides is 2. The number of nitrogens with one attached hydrogen (secondary N) is 1. The van der Waals surface area contributed by atoms with Crippen LogP contribution in [0.4, 0.5) is 16.2 Å². The molecule has 5 N–H and O–H groups in total. The van der Waals surface area contributed by atoms with E-state index in [1.54, 1.807) is 24.3 Å². The molecule has 0 saturated carbocycles. The number of carbonyl (C=O) groups excluding carboxylic acids is 1. The second kappa shape index (κ2) is 6.39. The van der Waals surface area contributed by atoms with Crippen LogP contribution in [0.25, 0.3) is 0 Å². The first-order chi connectivity index (χ1) is 5.18. The van der Waals surface area contributed by atoms with Crippen molar-refractivity contribution in [3.63, 3.8) is 0 Å². The van der Waals surface area contributed by atoms with E-state index in [9.17, 15) is 4.79 Å². The lowest BCUT2D eigenvalue weighted by Crippen LogP contribution is -2.19. The van der Waals surface area contributed by atoms with Crippen LogP contribution < -0.4 is 16.8 Å². The Kier molecular flexibility index (Phi) is 7.08. The van der Waals surface area contributed by atoms with E-state index in [0.717, 1.165) is 0 Å². The number of carbonyl (C=O) groups is 1. The maximum absolute atomic E-state index is 10.4. The summed E-state index contributed by atoms with van der Waals surface area (Å²) in [4.78, 5) is 10.4. The Morgan fingerprint density at radius 1 is 1.31 bits per heavy atom. The van der Waals surface area contributed by atoms with Gasteiger partial charge in [-0.2, -0.15) is 0 Å².